The third kappa shape index (κ3) is 4.22. The molecule has 1 aromatic heterocycles. The molecule has 5 nitrogen and oxygen atoms in total. The molecule has 6 heteroatoms. The van der Waals surface area contributed by atoms with Crippen LogP contribution in [0.25, 0.3) is 5.69 Å². The number of nitrogens with two attached hydrogens (primary N) is 1. The standard InChI is InChI=1S/C16H21N5.HI/c17-16(19-10-13-4-3-5-13)20-11-14-6-1-2-7-15(14)21-9-8-18-12-21;/h1-2,6-9,12-13H,3-5,10-11H2,(H3,17,19,20);1H. The van der Waals surface area contributed by atoms with Crippen LogP contribution in [0.5, 0.6) is 0 Å². The molecule has 0 saturated heterocycles. The van der Waals surface area contributed by atoms with E-state index in [9.17, 15) is 0 Å². The molecule has 22 heavy (non-hydrogen) atoms. The lowest BCUT2D eigenvalue weighted by molar-refractivity contribution is 0.315. The SMILES string of the molecule is I.NC(=NCc1ccccc1-n1ccnc1)NCC1CCC1. The Kier molecular flexibility index (Phi) is 6.23. The first-order valence-electron chi connectivity index (χ1n) is 7.43. The van der Waals surface area contributed by atoms with Gasteiger partial charge in [0.15, 0.2) is 5.96 Å². The quantitative estimate of drug-likeness (QED) is 0.452. The van der Waals surface area contributed by atoms with Crippen LogP contribution < -0.4 is 11.1 Å². The summed E-state index contributed by atoms with van der Waals surface area (Å²) in [4.78, 5) is 8.53. The fraction of sp³-hybridized carbons (Fsp3) is 0.375. The van der Waals surface area contributed by atoms with Gasteiger partial charge in [0.1, 0.15) is 0 Å². The number of nitrogens with zero attached hydrogens (tertiary/aromatic N) is 3. The molecular weight excluding hydrogens is 389 g/mol. The number of halogens is 1. The van der Waals surface area contributed by atoms with E-state index in [0.717, 1.165) is 23.7 Å². The zero-order valence-electron chi connectivity index (χ0n) is 12.5. The van der Waals surface area contributed by atoms with Crippen LogP contribution in [-0.4, -0.2) is 22.1 Å². The van der Waals surface area contributed by atoms with Crippen molar-refractivity contribution < 1.29 is 0 Å². The molecule has 118 valence electrons. The zero-order valence-corrected chi connectivity index (χ0v) is 14.8. The van der Waals surface area contributed by atoms with Crippen LogP contribution in [0.15, 0.2) is 48.0 Å². The third-order valence-electron chi connectivity index (χ3n) is 3.99. The summed E-state index contributed by atoms with van der Waals surface area (Å²) in [6, 6.07) is 8.16. The van der Waals surface area contributed by atoms with E-state index in [1.165, 1.54) is 19.3 Å². The summed E-state index contributed by atoms with van der Waals surface area (Å²) in [6.45, 7) is 1.51. The number of guanidine groups is 1. The maximum atomic E-state index is 5.94. The van der Waals surface area contributed by atoms with Gasteiger partial charge in [0.25, 0.3) is 0 Å². The van der Waals surface area contributed by atoms with Gasteiger partial charge in [-0.25, -0.2) is 9.98 Å². The smallest absolute Gasteiger partial charge is 0.188 e. The topological polar surface area (TPSA) is 68.2 Å². The molecule has 3 N–H and O–H groups in total. The lowest BCUT2D eigenvalue weighted by atomic mass is 9.85. The minimum Gasteiger partial charge on any atom is -0.370 e. The highest BCUT2D eigenvalue weighted by Gasteiger charge is 2.16. The summed E-state index contributed by atoms with van der Waals surface area (Å²) < 4.78 is 1.99. The van der Waals surface area contributed by atoms with Crippen molar-refractivity contribution in [3.63, 3.8) is 0 Å². The molecule has 3 rings (SSSR count). The highest BCUT2D eigenvalue weighted by atomic mass is 127. The normalized spacial score (nSPS) is 15.0. The average Bonchev–Trinajstić information content (AvgIpc) is 2.98. The summed E-state index contributed by atoms with van der Waals surface area (Å²) in [5.74, 6) is 1.30. The molecule has 1 aromatic carbocycles. The molecular formula is C16H22IN5. The van der Waals surface area contributed by atoms with E-state index in [2.05, 4.69) is 27.4 Å². The van der Waals surface area contributed by atoms with E-state index < -0.39 is 0 Å². The van der Waals surface area contributed by atoms with Gasteiger partial charge >= 0.3 is 0 Å². The Morgan fingerprint density at radius 1 is 1.36 bits per heavy atom. The summed E-state index contributed by atoms with van der Waals surface area (Å²) >= 11 is 0. The lowest BCUT2D eigenvalue weighted by Gasteiger charge is -2.25. The van der Waals surface area contributed by atoms with Crippen LogP contribution in [0, 0.1) is 5.92 Å². The number of benzene rings is 1. The monoisotopic (exact) mass is 411 g/mol. The van der Waals surface area contributed by atoms with Crippen LogP contribution in [-0.2, 0) is 6.54 Å². The van der Waals surface area contributed by atoms with E-state index in [4.69, 9.17) is 5.73 Å². The molecule has 2 aromatic rings. The second-order valence-electron chi connectivity index (χ2n) is 5.48. The van der Waals surface area contributed by atoms with E-state index in [1.807, 2.05) is 22.9 Å². The number of aliphatic imine (C=N–C) groups is 1. The highest BCUT2D eigenvalue weighted by Crippen LogP contribution is 2.25. The van der Waals surface area contributed by atoms with E-state index >= 15 is 0 Å². The van der Waals surface area contributed by atoms with Crippen molar-refractivity contribution in [1.29, 1.82) is 0 Å². The Balaban J connectivity index is 0.00000176. The Morgan fingerprint density at radius 2 is 2.18 bits per heavy atom. The molecule has 0 aliphatic heterocycles. The number of hydrogen-bond acceptors (Lipinski definition) is 2. The average molecular weight is 411 g/mol. The molecule has 1 aliphatic carbocycles. The second-order valence-corrected chi connectivity index (χ2v) is 5.48. The molecule has 1 saturated carbocycles. The zero-order chi connectivity index (χ0) is 14.5. The Morgan fingerprint density at radius 3 is 2.86 bits per heavy atom. The molecule has 1 fully saturated rings. The van der Waals surface area contributed by atoms with Gasteiger partial charge in [-0.2, -0.15) is 0 Å². The van der Waals surface area contributed by atoms with Gasteiger partial charge in [0.05, 0.1) is 18.6 Å². The fourth-order valence-corrected chi connectivity index (χ4v) is 2.47. The van der Waals surface area contributed by atoms with Crippen LogP contribution in [0.4, 0.5) is 0 Å². The van der Waals surface area contributed by atoms with Crippen LogP contribution >= 0.6 is 24.0 Å². The van der Waals surface area contributed by atoms with Crippen molar-refractivity contribution in [2.45, 2.75) is 25.8 Å². The maximum absolute atomic E-state index is 5.94. The van der Waals surface area contributed by atoms with Crippen molar-refractivity contribution in [2.75, 3.05) is 6.54 Å². The van der Waals surface area contributed by atoms with Crippen molar-refractivity contribution in [1.82, 2.24) is 14.9 Å². The largest absolute Gasteiger partial charge is 0.370 e. The number of hydrogen-bond donors (Lipinski definition) is 2. The molecule has 0 radical (unpaired) electrons. The predicted octanol–water partition coefficient (Wildman–Crippen LogP) is 2.69. The minimum absolute atomic E-state index is 0. The molecule has 1 aliphatic rings. The first-order chi connectivity index (χ1) is 10.3. The Hall–Kier alpha value is -1.57. The number of imidazole rings is 1. The van der Waals surface area contributed by atoms with Crippen molar-refractivity contribution >= 4 is 29.9 Å². The van der Waals surface area contributed by atoms with Gasteiger partial charge in [0.2, 0.25) is 0 Å². The second kappa shape index (κ2) is 8.17. The Bertz CT molecular complexity index is 605. The van der Waals surface area contributed by atoms with E-state index in [-0.39, 0.29) is 24.0 Å². The molecule has 0 atom stereocenters. The lowest BCUT2D eigenvalue weighted by Crippen LogP contribution is -2.37. The number of para-hydroxylation sites is 1. The fourth-order valence-electron chi connectivity index (χ4n) is 2.47. The molecule has 0 amide bonds. The van der Waals surface area contributed by atoms with Gasteiger partial charge in [0, 0.05) is 18.9 Å². The molecule has 0 bridgehead atoms. The number of nitrogens with one attached hydrogen (secondary N) is 1. The highest BCUT2D eigenvalue weighted by molar-refractivity contribution is 14.0. The van der Waals surface area contributed by atoms with Gasteiger partial charge in [-0.05, 0) is 30.4 Å². The van der Waals surface area contributed by atoms with Crippen molar-refractivity contribution in [3.05, 3.63) is 48.5 Å². The summed E-state index contributed by atoms with van der Waals surface area (Å²) in [5.41, 5.74) is 8.15. The van der Waals surface area contributed by atoms with Crippen molar-refractivity contribution in [2.24, 2.45) is 16.6 Å². The summed E-state index contributed by atoms with van der Waals surface area (Å²) in [6.07, 6.45) is 9.46. The van der Waals surface area contributed by atoms with Crippen LogP contribution in [0.1, 0.15) is 24.8 Å². The predicted molar refractivity (Wildman–Crippen MR) is 99.6 cm³/mol. The van der Waals surface area contributed by atoms with Gasteiger partial charge in [-0.1, -0.05) is 24.6 Å². The minimum atomic E-state index is 0. The van der Waals surface area contributed by atoms with Crippen LogP contribution in [0.2, 0.25) is 0 Å². The number of rotatable bonds is 5. The third-order valence-corrected chi connectivity index (χ3v) is 3.99. The van der Waals surface area contributed by atoms with Crippen molar-refractivity contribution in [3.8, 4) is 5.69 Å². The van der Waals surface area contributed by atoms with E-state index in [1.54, 1.807) is 12.5 Å². The summed E-state index contributed by atoms with van der Waals surface area (Å²) in [5, 5.41) is 3.22. The van der Waals surface area contributed by atoms with Gasteiger partial charge in [-0.15, -0.1) is 24.0 Å². The van der Waals surface area contributed by atoms with Gasteiger partial charge < -0.3 is 15.6 Å². The molecule has 0 unspecified atom stereocenters. The molecule has 0 spiro atoms. The van der Waals surface area contributed by atoms with Gasteiger partial charge in [-0.3, -0.25) is 0 Å². The number of aromatic nitrogens is 2. The van der Waals surface area contributed by atoms with Crippen LogP contribution in [0.3, 0.4) is 0 Å². The maximum Gasteiger partial charge on any atom is 0.188 e. The molecule has 1 heterocycles. The first-order valence-corrected chi connectivity index (χ1v) is 7.43. The Labute approximate surface area is 148 Å². The first kappa shape index (κ1) is 16.8. The van der Waals surface area contributed by atoms with E-state index in [0.29, 0.717) is 12.5 Å². The summed E-state index contributed by atoms with van der Waals surface area (Å²) in [7, 11) is 0.